The lowest BCUT2D eigenvalue weighted by Crippen LogP contribution is -2.44. The number of aliphatic carboxylic acids is 1. The molecule has 1 heterocycles. The minimum Gasteiger partial charge on any atom is -0.480 e. The van der Waals surface area contributed by atoms with Gasteiger partial charge in [0.05, 0.1) is 6.54 Å². The molecule has 0 atom stereocenters. The van der Waals surface area contributed by atoms with Gasteiger partial charge in [-0.3, -0.25) is 4.79 Å². The second kappa shape index (κ2) is 7.13. The fourth-order valence-electron chi connectivity index (χ4n) is 1.68. The highest BCUT2D eigenvalue weighted by molar-refractivity contribution is 7.10. The molecule has 1 rings (SSSR count). The monoisotopic (exact) mass is 284 g/mol. The summed E-state index contributed by atoms with van der Waals surface area (Å²) in [6.07, 6.45) is 0. The molecule has 0 spiro atoms. The number of carboxylic acid groups (broad SMARTS) is 1. The van der Waals surface area contributed by atoms with E-state index in [-0.39, 0.29) is 18.5 Å². The second-order valence-electron chi connectivity index (χ2n) is 4.85. The van der Waals surface area contributed by atoms with Crippen LogP contribution in [0.3, 0.4) is 0 Å². The minimum atomic E-state index is -0.997. The van der Waals surface area contributed by atoms with E-state index in [1.165, 1.54) is 4.90 Å². The quantitative estimate of drug-likeness (QED) is 0.842. The fourth-order valence-corrected chi connectivity index (χ4v) is 2.52. The number of thiophene rings is 1. The average molecular weight is 284 g/mol. The topological polar surface area (TPSA) is 69.6 Å². The molecule has 0 saturated heterocycles. The average Bonchev–Trinajstić information content (AvgIpc) is 2.69. The molecule has 0 aliphatic heterocycles. The standard InChI is InChI=1S/C13H20N2O3S/c1-9(2)7-15(8-12(16)17)13(18)14-6-11-10(3)4-5-19-11/h4-5,9H,6-8H2,1-3H3,(H,14,18)(H,16,17). The van der Waals surface area contributed by atoms with Gasteiger partial charge in [0.25, 0.3) is 0 Å². The summed E-state index contributed by atoms with van der Waals surface area (Å²) < 4.78 is 0. The largest absolute Gasteiger partial charge is 0.480 e. The molecule has 1 aromatic heterocycles. The van der Waals surface area contributed by atoms with Crippen molar-refractivity contribution in [2.24, 2.45) is 5.92 Å². The first-order valence-electron chi connectivity index (χ1n) is 6.17. The number of hydrogen-bond donors (Lipinski definition) is 2. The van der Waals surface area contributed by atoms with Gasteiger partial charge >= 0.3 is 12.0 Å². The first-order chi connectivity index (χ1) is 8.90. The maximum atomic E-state index is 12.0. The third-order valence-corrected chi connectivity index (χ3v) is 3.59. The van der Waals surface area contributed by atoms with Crippen LogP contribution in [0.2, 0.25) is 0 Å². The van der Waals surface area contributed by atoms with Crippen molar-refractivity contribution >= 4 is 23.3 Å². The van der Waals surface area contributed by atoms with Crippen LogP contribution in [0.4, 0.5) is 4.79 Å². The lowest BCUT2D eigenvalue weighted by molar-refractivity contribution is -0.137. The highest BCUT2D eigenvalue weighted by Gasteiger charge is 2.17. The van der Waals surface area contributed by atoms with Crippen molar-refractivity contribution in [1.29, 1.82) is 0 Å². The molecule has 1 aromatic rings. The van der Waals surface area contributed by atoms with Crippen LogP contribution >= 0.6 is 11.3 Å². The summed E-state index contributed by atoms with van der Waals surface area (Å²) in [4.78, 5) is 25.2. The van der Waals surface area contributed by atoms with Crippen LogP contribution in [0, 0.1) is 12.8 Å². The molecule has 0 radical (unpaired) electrons. The first-order valence-corrected chi connectivity index (χ1v) is 7.05. The first kappa shape index (κ1) is 15.5. The van der Waals surface area contributed by atoms with Crippen LogP contribution in [0.25, 0.3) is 0 Å². The Morgan fingerprint density at radius 2 is 2.16 bits per heavy atom. The lowest BCUT2D eigenvalue weighted by Gasteiger charge is -2.23. The predicted octanol–water partition coefficient (Wildman–Crippen LogP) is 2.31. The summed E-state index contributed by atoms with van der Waals surface area (Å²) in [7, 11) is 0. The van der Waals surface area contributed by atoms with Gasteiger partial charge in [-0.2, -0.15) is 0 Å². The maximum Gasteiger partial charge on any atom is 0.323 e. The Balaban J connectivity index is 2.56. The van der Waals surface area contributed by atoms with Crippen molar-refractivity contribution in [3.63, 3.8) is 0 Å². The van der Waals surface area contributed by atoms with E-state index in [0.29, 0.717) is 13.1 Å². The van der Waals surface area contributed by atoms with Crippen molar-refractivity contribution in [2.75, 3.05) is 13.1 Å². The van der Waals surface area contributed by atoms with E-state index in [0.717, 1.165) is 10.4 Å². The van der Waals surface area contributed by atoms with E-state index in [2.05, 4.69) is 5.32 Å². The molecule has 0 saturated carbocycles. The zero-order valence-electron chi connectivity index (χ0n) is 11.5. The van der Waals surface area contributed by atoms with E-state index >= 15 is 0 Å². The molecule has 0 aromatic carbocycles. The number of urea groups is 1. The van der Waals surface area contributed by atoms with Crippen molar-refractivity contribution in [2.45, 2.75) is 27.3 Å². The Kier molecular flexibility index (Phi) is 5.82. The summed E-state index contributed by atoms with van der Waals surface area (Å²) in [6, 6.07) is 1.67. The van der Waals surface area contributed by atoms with Crippen molar-refractivity contribution in [3.8, 4) is 0 Å². The molecule has 19 heavy (non-hydrogen) atoms. The summed E-state index contributed by atoms with van der Waals surface area (Å²) in [5.41, 5.74) is 1.14. The molecule has 0 aliphatic rings. The maximum absolute atomic E-state index is 12.0. The molecule has 0 unspecified atom stereocenters. The van der Waals surface area contributed by atoms with Gasteiger partial charge in [0.1, 0.15) is 6.54 Å². The molecule has 106 valence electrons. The zero-order valence-corrected chi connectivity index (χ0v) is 12.3. The van der Waals surface area contributed by atoms with Gasteiger partial charge in [-0.1, -0.05) is 13.8 Å². The van der Waals surface area contributed by atoms with E-state index in [1.54, 1.807) is 11.3 Å². The molecular weight excluding hydrogens is 264 g/mol. The van der Waals surface area contributed by atoms with Gasteiger partial charge in [0, 0.05) is 11.4 Å². The Morgan fingerprint density at radius 3 is 2.63 bits per heavy atom. The second-order valence-corrected chi connectivity index (χ2v) is 5.85. The summed E-state index contributed by atoms with van der Waals surface area (Å²) >= 11 is 1.58. The third-order valence-electron chi connectivity index (χ3n) is 2.57. The van der Waals surface area contributed by atoms with E-state index in [9.17, 15) is 9.59 Å². The van der Waals surface area contributed by atoms with Gasteiger partial charge in [-0.15, -0.1) is 11.3 Å². The van der Waals surface area contributed by atoms with Crippen molar-refractivity contribution < 1.29 is 14.7 Å². The highest BCUT2D eigenvalue weighted by atomic mass is 32.1. The minimum absolute atomic E-state index is 0.230. The number of nitrogens with one attached hydrogen (secondary N) is 1. The number of hydrogen-bond acceptors (Lipinski definition) is 3. The van der Waals surface area contributed by atoms with E-state index < -0.39 is 5.97 Å². The number of aryl methyl sites for hydroxylation is 1. The molecule has 2 N–H and O–H groups in total. The summed E-state index contributed by atoms with van der Waals surface area (Å²) in [5, 5.41) is 13.6. The van der Waals surface area contributed by atoms with Crippen LogP contribution in [-0.4, -0.2) is 35.1 Å². The SMILES string of the molecule is Cc1ccsc1CNC(=O)N(CC(=O)O)CC(C)C. The van der Waals surface area contributed by atoms with Crippen LogP contribution in [0.1, 0.15) is 24.3 Å². The lowest BCUT2D eigenvalue weighted by atomic mass is 10.2. The fraction of sp³-hybridized carbons (Fsp3) is 0.538. The van der Waals surface area contributed by atoms with Crippen LogP contribution in [0.15, 0.2) is 11.4 Å². The summed E-state index contributed by atoms with van der Waals surface area (Å²) in [5.74, 6) is -0.767. The number of carbonyl (C=O) groups is 2. The Labute approximate surface area is 117 Å². The van der Waals surface area contributed by atoms with Gasteiger partial charge in [-0.05, 0) is 29.9 Å². The van der Waals surface area contributed by atoms with Crippen molar-refractivity contribution in [3.05, 3.63) is 21.9 Å². The van der Waals surface area contributed by atoms with E-state index in [1.807, 2.05) is 32.2 Å². The smallest absolute Gasteiger partial charge is 0.323 e. The Hall–Kier alpha value is -1.56. The molecule has 0 aliphatic carbocycles. The summed E-state index contributed by atoms with van der Waals surface area (Å²) in [6.45, 7) is 6.49. The van der Waals surface area contributed by atoms with Crippen LogP contribution in [0.5, 0.6) is 0 Å². The number of amides is 2. The van der Waals surface area contributed by atoms with Gasteiger partial charge in [0.15, 0.2) is 0 Å². The molecular formula is C13H20N2O3S. The van der Waals surface area contributed by atoms with Gasteiger partial charge < -0.3 is 15.3 Å². The number of rotatable bonds is 6. The zero-order chi connectivity index (χ0) is 14.4. The van der Waals surface area contributed by atoms with Gasteiger partial charge in [-0.25, -0.2) is 4.79 Å². The number of carboxylic acids is 1. The Morgan fingerprint density at radius 1 is 1.47 bits per heavy atom. The van der Waals surface area contributed by atoms with Crippen LogP contribution < -0.4 is 5.32 Å². The number of carbonyl (C=O) groups excluding carboxylic acids is 1. The van der Waals surface area contributed by atoms with Crippen molar-refractivity contribution in [1.82, 2.24) is 10.2 Å². The van der Waals surface area contributed by atoms with Gasteiger partial charge in [0.2, 0.25) is 0 Å². The normalized spacial score (nSPS) is 10.5. The number of nitrogens with zero attached hydrogens (tertiary/aromatic N) is 1. The predicted molar refractivity (Wildman–Crippen MR) is 75.3 cm³/mol. The highest BCUT2D eigenvalue weighted by Crippen LogP contribution is 2.15. The molecule has 6 heteroatoms. The molecule has 2 amide bonds. The molecule has 0 fully saturated rings. The third kappa shape index (κ3) is 5.30. The molecule has 0 bridgehead atoms. The molecule has 5 nitrogen and oxygen atoms in total. The Bertz CT molecular complexity index is 443. The van der Waals surface area contributed by atoms with E-state index in [4.69, 9.17) is 5.11 Å². The van der Waals surface area contributed by atoms with Crippen LogP contribution in [-0.2, 0) is 11.3 Å².